The molecule has 0 radical (unpaired) electrons. The fourth-order valence-corrected chi connectivity index (χ4v) is 2.51. The molecule has 0 bridgehead atoms. The van der Waals surface area contributed by atoms with E-state index in [9.17, 15) is 9.18 Å². The van der Waals surface area contributed by atoms with Gasteiger partial charge in [-0.1, -0.05) is 0 Å². The van der Waals surface area contributed by atoms with Gasteiger partial charge in [0.05, 0.1) is 12.2 Å². The van der Waals surface area contributed by atoms with Gasteiger partial charge >= 0.3 is 0 Å². The largest absolute Gasteiger partial charge is 0.478 e. The van der Waals surface area contributed by atoms with Crippen LogP contribution in [-0.2, 0) is 9.53 Å². The Hall–Kier alpha value is -2.00. The number of halogens is 1. The average molecular weight is 292 g/mol. The van der Waals surface area contributed by atoms with Gasteiger partial charge in [0.15, 0.2) is 0 Å². The van der Waals surface area contributed by atoms with E-state index >= 15 is 0 Å². The van der Waals surface area contributed by atoms with Crippen molar-refractivity contribution in [2.24, 2.45) is 0 Å². The molecule has 0 saturated heterocycles. The van der Waals surface area contributed by atoms with Crippen molar-refractivity contribution >= 4 is 17.7 Å². The quantitative estimate of drug-likeness (QED) is 0.847. The van der Waals surface area contributed by atoms with Gasteiger partial charge in [0.1, 0.15) is 11.9 Å². The fraction of sp³-hybridized carbons (Fsp3) is 0.286. The summed E-state index contributed by atoms with van der Waals surface area (Å²) in [6.07, 6.45) is 0.837. The third kappa shape index (κ3) is 4.00. The molecule has 1 heterocycles. The van der Waals surface area contributed by atoms with Crippen molar-refractivity contribution in [3.05, 3.63) is 41.5 Å². The summed E-state index contributed by atoms with van der Waals surface area (Å²) in [5.41, 5.74) is 0.476. The highest BCUT2D eigenvalue weighted by Crippen LogP contribution is 2.19. The van der Waals surface area contributed by atoms with Crippen LogP contribution in [-0.4, -0.2) is 18.3 Å². The maximum atomic E-state index is 12.7. The molecule has 1 aromatic carbocycles. The van der Waals surface area contributed by atoms with Crippen LogP contribution in [0, 0.1) is 17.1 Å². The molecule has 6 heteroatoms. The lowest BCUT2D eigenvalue weighted by atomic mass is 10.2. The number of hydrogen-bond donors (Lipinski definition) is 1. The second kappa shape index (κ2) is 6.96. The molecule has 0 atom stereocenters. The van der Waals surface area contributed by atoms with Crippen molar-refractivity contribution in [1.29, 1.82) is 5.26 Å². The van der Waals surface area contributed by atoms with Crippen LogP contribution in [0.1, 0.15) is 12.8 Å². The number of carbonyl (C=O) groups excluding carboxylic acids is 1. The smallest absolute Gasteiger partial charge is 0.227 e. The molecule has 20 heavy (non-hydrogen) atoms. The molecule has 0 saturated carbocycles. The maximum absolute atomic E-state index is 12.7. The molecule has 1 aliphatic rings. The summed E-state index contributed by atoms with van der Waals surface area (Å²) >= 11 is 1.47. The first-order chi connectivity index (χ1) is 9.69. The van der Waals surface area contributed by atoms with Crippen LogP contribution in [0.25, 0.3) is 0 Å². The minimum absolute atomic E-state index is 0.190. The van der Waals surface area contributed by atoms with E-state index in [-0.39, 0.29) is 17.6 Å². The average Bonchev–Trinajstić information content (AvgIpc) is 2.88. The van der Waals surface area contributed by atoms with Gasteiger partial charge in [-0.05, 0) is 24.3 Å². The third-order valence-corrected chi connectivity index (χ3v) is 3.69. The number of amides is 1. The van der Waals surface area contributed by atoms with Crippen LogP contribution in [0.2, 0.25) is 0 Å². The molecule has 0 unspecified atom stereocenters. The van der Waals surface area contributed by atoms with Gasteiger partial charge in [0, 0.05) is 23.5 Å². The zero-order valence-corrected chi connectivity index (χ0v) is 11.5. The molecule has 104 valence electrons. The highest BCUT2D eigenvalue weighted by molar-refractivity contribution is 7.99. The monoisotopic (exact) mass is 292 g/mol. The van der Waals surface area contributed by atoms with E-state index in [1.807, 2.05) is 6.07 Å². The Labute approximate surface area is 120 Å². The summed E-state index contributed by atoms with van der Waals surface area (Å²) in [5, 5.41) is 11.4. The molecule has 1 aliphatic heterocycles. The van der Waals surface area contributed by atoms with Crippen LogP contribution in [0.5, 0.6) is 0 Å². The lowest BCUT2D eigenvalue weighted by Crippen LogP contribution is -2.23. The van der Waals surface area contributed by atoms with E-state index in [4.69, 9.17) is 10.00 Å². The summed E-state index contributed by atoms with van der Waals surface area (Å²) in [5.74, 6) is 0.391. The fourth-order valence-electron chi connectivity index (χ4n) is 1.66. The molecule has 0 aromatic heterocycles. The SMILES string of the molecule is N#CC1=C(NC(=O)CCSc2ccc(F)cc2)OCC1. The van der Waals surface area contributed by atoms with Crippen molar-refractivity contribution in [3.63, 3.8) is 0 Å². The molecular weight excluding hydrogens is 279 g/mol. The number of benzene rings is 1. The van der Waals surface area contributed by atoms with Crippen molar-refractivity contribution in [2.45, 2.75) is 17.7 Å². The Morgan fingerprint density at radius 3 is 2.90 bits per heavy atom. The lowest BCUT2D eigenvalue weighted by molar-refractivity contribution is -0.120. The Morgan fingerprint density at radius 2 is 2.20 bits per heavy atom. The third-order valence-electron chi connectivity index (χ3n) is 2.67. The predicted molar refractivity (Wildman–Crippen MR) is 73.1 cm³/mol. The van der Waals surface area contributed by atoms with Gasteiger partial charge in [-0.2, -0.15) is 5.26 Å². The van der Waals surface area contributed by atoms with Gasteiger partial charge < -0.3 is 4.74 Å². The highest BCUT2D eigenvalue weighted by Gasteiger charge is 2.17. The normalized spacial score (nSPS) is 13.8. The van der Waals surface area contributed by atoms with Crippen LogP contribution in [0.15, 0.2) is 40.6 Å². The number of nitriles is 1. The molecule has 0 aliphatic carbocycles. The summed E-state index contributed by atoms with van der Waals surface area (Å²) in [7, 11) is 0. The number of carbonyl (C=O) groups is 1. The summed E-state index contributed by atoms with van der Waals surface area (Å²) in [6.45, 7) is 0.433. The summed E-state index contributed by atoms with van der Waals surface area (Å²) < 4.78 is 17.9. The minimum atomic E-state index is -0.276. The number of rotatable bonds is 5. The summed E-state index contributed by atoms with van der Waals surface area (Å²) in [4.78, 5) is 12.6. The van der Waals surface area contributed by atoms with E-state index in [0.29, 0.717) is 30.8 Å². The van der Waals surface area contributed by atoms with Crippen molar-refractivity contribution < 1.29 is 13.9 Å². The Morgan fingerprint density at radius 1 is 1.45 bits per heavy atom. The molecule has 4 nitrogen and oxygen atoms in total. The van der Waals surface area contributed by atoms with E-state index in [0.717, 1.165) is 4.90 Å². The van der Waals surface area contributed by atoms with Gasteiger partial charge in [-0.25, -0.2) is 4.39 Å². The first-order valence-corrected chi connectivity index (χ1v) is 7.12. The molecule has 1 aromatic rings. The standard InChI is InChI=1S/C14H13FN2O2S/c15-11-1-3-12(4-2-11)20-8-6-13(18)17-14-10(9-16)5-7-19-14/h1-4H,5-8H2,(H,17,18). The second-order valence-corrected chi connectivity index (χ2v) is 5.29. The van der Waals surface area contributed by atoms with Crippen LogP contribution in [0.3, 0.4) is 0 Å². The van der Waals surface area contributed by atoms with Crippen molar-refractivity contribution in [1.82, 2.24) is 5.32 Å². The topological polar surface area (TPSA) is 62.1 Å². The number of nitrogens with one attached hydrogen (secondary N) is 1. The second-order valence-electron chi connectivity index (χ2n) is 4.12. The van der Waals surface area contributed by atoms with E-state index in [1.165, 1.54) is 23.9 Å². The van der Waals surface area contributed by atoms with Crippen molar-refractivity contribution in [3.8, 4) is 6.07 Å². The predicted octanol–water partition coefficient (Wildman–Crippen LogP) is 2.58. The molecule has 1 N–H and O–H groups in total. The first kappa shape index (κ1) is 14.4. The molecule has 2 rings (SSSR count). The molecule has 0 spiro atoms. The zero-order valence-electron chi connectivity index (χ0n) is 10.7. The van der Waals surface area contributed by atoms with Crippen molar-refractivity contribution in [2.75, 3.05) is 12.4 Å². The van der Waals surface area contributed by atoms with Crippen LogP contribution >= 0.6 is 11.8 Å². The maximum Gasteiger partial charge on any atom is 0.227 e. The molecule has 0 fully saturated rings. The minimum Gasteiger partial charge on any atom is -0.478 e. The number of thioether (sulfide) groups is 1. The van der Waals surface area contributed by atoms with Gasteiger partial charge in [0.2, 0.25) is 11.8 Å². The van der Waals surface area contributed by atoms with E-state index in [1.54, 1.807) is 12.1 Å². The zero-order chi connectivity index (χ0) is 14.4. The van der Waals surface area contributed by atoms with Gasteiger partial charge in [-0.3, -0.25) is 10.1 Å². The Bertz CT molecular complexity index is 564. The Kier molecular flexibility index (Phi) is 5.02. The first-order valence-electron chi connectivity index (χ1n) is 6.13. The summed E-state index contributed by atoms with van der Waals surface area (Å²) in [6, 6.07) is 8.13. The van der Waals surface area contributed by atoms with Crippen LogP contribution in [0.4, 0.5) is 4.39 Å². The van der Waals surface area contributed by atoms with Gasteiger partial charge in [-0.15, -0.1) is 11.8 Å². The van der Waals surface area contributed by atoms with Crippen LogP contribution < -0.4 is 5.32 Å². The molecule has 1 amide bonds. The molecular formula is C14H13FN2O2S. The number of hydrogen-bond acceptors (Lipinski definition) is 4. The number of nitrogens with zero attached hydrogens (tertiary/aromatic N) is 1. The van der Waals surface area contributed by atoms with E-state index in [2.05, 4.69) is 5.32 Å². The Balaban J connectivity index is 1.76. The highest BCUT2D eigenvalue weighted by atomic mass is 32.2. The lowest BCUT2D eigenvalue weighted by Gasteiger charge is -2.06. The number of ether oxygens (including phenoxy) is 1. The van der Waals surface area contributed by atoms with Gasteiger partial charge in [0.25, 0.3) is 0 Å². The van der Waals surface area contributed by atoms with E-state index < -0.39 is 0 Å².